The fraction of sp³-hybridized carbons (Fsp3) is 0.818. The summed E-state index contributed by atoms with van der Waals surface area (Å²) in [7, 11) is 0. The minimum absolute atomic E-state index is 0.0308. The summed E-state index contributed by atoms with van der Waals surface area (Å²) in [5.41, 5.74) is 4.20. The molecule has 0 heterocycles. The van der Waals surface area contributed by atoms with Gasteiger partial charge < -0.3 is 15.6 Å². The fourth-order valence-corrected chi connectivity index (χ4v) is 1.06. The zero-order valence-electron chi connectivity index (χ0n) is 10.2. The van der Waals surface area contributed by atoms with Crippen LogP contribution in [0.4, 0.5) is 0 Å². The van der Waals surface area contributed by atoms with Gasteiger partial charge in [-0.1, -0.05) is 20.3 Å². The molecule has 16 heavy (non-hydrogen) atoms. The van der Waals surface area contributed by atoms with Crippen LogP contribution in [0.25, 0.3) is 0 Å². The summed E-state index contributed by atoms with van der Waals surface area (Å²) in [6, 6.07) is 0. The summed E-state index contributed by atoms with van der Waals surface area (Å²) in [6.07, 6.45) is 1.80. The van der Waals surface area contributed by atoms with Crippen molar-refractivity contribution in [1.82, 2.24) is 0 Å². The van der Waals surface area contributed by atoms with Crippen molar-refractivity contribution >= 4 is 11.9 Å². The van der Waals surface area contributed by atoms with E-state index in [2.05, 4.69) is 0 Å². The van der Waals surface area contributed by atoms with Crippen LogP contribution in [0.5, 0.6) is 0 Å². The van der Waals surface area contributed by atoms with Crippen LogP contribution in [-0.4, -0.2) is 29.2 Å². The van der Waals surface area contributed by atoms with Gasteiger partial charge in [0.2, 0.25) is 0 Å². The van der Waals surface area contributed by atoms with E-state index in [9.17, 15) is 9.59 Å². The fourth-order valence-electron chi connectivity index (χ4n) is 1.06. The molecule has 0 aromatic carbocycles. The van der Waals surface area contributed by atoms with Crippen LogP contribution >= 0.6 is 0 Å². The van der Waals surface area contributed by atoms with Crippen LogP contribution in [0.15, 0.2) is 0 Å². The van der Waals surface area contributed by atoms with E-state index in [1.165, 1.54) is 6.92 Å². The van der Waals surface area contributed by atoms with Gasteiger partial charge in [-0.25, -0.2) is 0 Å². The number of nitrogens with two attached hydrogens (primary N) is 1. The third-order valence-electron chi connectivity index (χ3n) is 2.72. The number of carbonyl (C=O) groups excluding carboxylic acids is 1. The van der Waals surface area contributed by atoms with E-state index in [4.69, 9.17) is 15.6 Å². The van der Waals surface area contributed by atoms with Gasteiger partial charge in [-0.2, -0.15) is 0 Å². The molecule has 2 unspecified atom stereocenters. The third-order valence-corrected chi connectivity index (χ3v) is 2.72. The predicted molar refractivity (Wildman–Crippen MR) is 59.9 cm³/mol. The van der Waals surface area contributed by atoms with E-state index < -0.39 is 17.4 Å². The summed E-state index contributed by atoms with van der Waals surface area (Å²) in [5, 5.41) is 8.86. The maximum absolute atomic E-state index is 11.3. The van der Waals surface area contributed by atoms with Crippen molar-refractivity contribution in [3.05, 3.63) is 0 Å². The van der Waals surface area contributed by atoms with Gasteiger partial charge in [0.25, 0.3) is 0 Å². The number of esters is 1. The Bertz CT molecular complexity index is 250. The minimum atomic E-state index is -1.40. The second-order valence-corrected chi connectivity index (χ2v) is 4.27. The van der Waals surface area contributed by atoms with E-state index in [1.54, 1.807) is 6.92 Å². The molecule has 0 aliphatic carbocycles. The molecular formula is C11H21NO4. The second kappa shape index (κ2) is 6.48. The van der Waals surface area contributed by atoms with Gasteiger partial charge in [-0.15, -0.1) is 0 Å². The molecule has 0 saturated carbocycles. The van der Waals surface area contributed by atoms with Crippen LogP contribution in [-0.2, 0) is 14.3 Å². The Morgan fingerprint density at radius 1 is 1.50 bits per heavy atom. The van der Waals surface area contributed by atoms with Gasteiger partial charge >= 0.3 is 11.9 Å². The number of hydrogen-bond donors (Lipinski definition) is 2. The highest BCUT2D eigenvalue weighted by Gasteiger charge is 2.36. The van der Waals surface area contributed by atoms with Crippen LogP contribution in [0.2, 0.25) is 0 Å². The first-order valence-corrected chi connectivity index (χ1v) is 5.50. The molecule has 0 aromatic rings. The van der Waals surface area contributed by atoms with Gasteiger partial charge in [0.1, 0.15) is 5.54 Å². The molecule has 0 aliphatic rings. The highest BCUT2D eigenvalue weighted by Crippen LogP contribution is 2.18. The first kappa shape index (κ1) is 14.9. The SMILES string of the molecule is CCCCOC(=O)CC(C)C(C)(N)C(=O)O. The van der Waals surface area contributed by atoms with E-state index in [0.717, 1.165) is 12.8 Å². The lowest BCUT2D eigenvalue weighted by Crippen LogP contribution is -2.51. The highest BCUT2D eigenvalue weighted by molar-refractivity contribution is 5.79. The molecule has 94 valence electrons. The number of ether oxygens (including phenoxy) is 1. The lowest BCUT2D eigenvalue weighted by atomic mass is 9.86. The quantitative estimate of drug-likeness (QED) is 0.507. The zero-order valence-corrected chi connectivity index (χ0v) is 10.2. The standard InChI is InChI=1S/C11H21NO4/c1-4-5-6-16-9(13)7-8(2)11(3,12)10(14)15/h8H,4-7,12H2,1-3H3,(H,14,15). The Hall–Kier alpha value is -1.10. The average Bonchev–Trinajstić information content (AvgIpc) is 2.17. The number of carboxylic acid groups (broad SMARTS) is 1. The van der Waals surface area contributed by atoms with Crippen LogP contribution in [0.3, 0.4) is 0 Å². The number of unbranched alkanes of at least 4 members (excludes halogenated alkanes) is 1. The lowest BCUT2D eigenvalue weighted by molar-refractivity contribution is -0.148. The molecule has 2 atom stereocenters. The van der Waals surface area contributed by atoms with Crippen molar-refractivity contribution in [2.75, 3.05) is 6.61 Å². The van der Waals surface area contributed by atoms with Gasteiger partial charge in [-0.05, 0) is 19.3 Å². The normalized spacial score (nSPS) is 16.2. The molecule has 0 saturated heterocycles. The predicted octanol–water partition coefficient (Wildman–Crippen LogP) is 1.16. The largest absolute Gasteiger partial charge is 0.480 e. The number of carbonyl (C=O) groups is 2. The van der Waals surface area contributed by atoms with Crippen molar-refractivity contribution < 1.29 is 19.4 Å². The molecular weight excluding hydrogens is 210 g/mol. The van der Waals surface area contributed by atoms with E-state index >= 15 is 0 Å². The van der Waals surface area contributed by atoms with Gasteiger partial charge in [0, 0.05) is 0 Å². The number of carboxylic acids is 1. The second-order valence-electron chi connectivity index (χ2n) is 4.27. The molecule has 5 nitrogen and oxygen atoms in total. The van der Waals surface area contributed by atoms with Crippen molar-refractivity contribution in [2.24, 2.45) is 11.7 Å². The Morgan fingerprint density at radius 3 is 2.50 bits per heavy atom. The molecule has 0 aromatic heterocycles. The molecule has 0 radical (unpaired) electrons. The number of rotatable bonds is 7. The van der Waals surface area contributed by atoms with Crippen molar-refractivity contribution in [3.63, 3.8) is 0 Å². The van der Waals surface area contributed by atoms with Crippen LogP contribution < -0.4 is 5.73 Å². The molecule has 3 N–H and O–H groups in total. The minimum Gasteiger partial charge on any atom is -0.480 e. The Balaban J connectivity index is 4.09. The zero-order chi connectivity index (χ0) is 12.8. The average molecular weight is 231 g/mol. The lowest BCUT2D eigenvalue weighted by Gasteiger charge is -2.26. The summed E-state index contributed by atoms with van der Waals surface area (Å²) in [4.78, 5) is 22.2. The van der Waals surface area contributed by atoms with Gasteiger partial charge in [0.05, 0.1) is 13.0 Å². The molecule has 0 amide bonds. The summed E-state index contributed by atoms with van der Waals surface area (Å²) < 4.78 is 4.94. The van der Waals surface area contributed by atoms with Crippen molar-refractivity contribution in [1.29, 1.82) is 0 Å². The Kier molecular flexibility index (Phi) is 6.03. The molecule has 0 rings (SSSR count). The van der Waals surface area contributed by atoms with Gasteiger partial charge in [0.15, 0.2) is 0 Å². The molecule has 5 heteroatoms. The molecule has 0 bridgehead atoms. The molecule has 0 aliphatic heterocycles. The molecule has 0 fully saturated rings. The topological polar surface area (TPSA) is 89.6 Å². The van der Waals surface area contributed by atoms with Crippen molar-refractivity contribution in [3.8, 4) is 0 Å². The third kappa shape index (κ3) is 4.61. The maximum atomic E-state index is 11.3. The van der Waals surface area contributed by atoms with Crippen LogP contribution in [0, 0.1) is 5.92 Å². The van der Waals surface area contributed by atoms with E-state index in [1.807, 2.05) is 6.92 Å². The number of hydrogen-bond acceptors (Lipinski definition) is 4. The summed E-state index contributed by atoms with van der Waals surface area (Å²) >= 11 is 0. The Morgan fingerprint density at radius 2 is 2.06 bits per heavy atom. The summed E-state index contributed by atoms with van der Waals surface area (Å²) in [5.74, 6) is -1.96. The van der Waals surface area contributed by atoms with Crippen molar-refractivity contribution in [2.45, 2.75) is 45.6 Å². The number of aliphatic carboxylic acids is 1. The first-order valence-electron chi connectivity index (χ1n) is 5.50. The smallest absolute Gasteiger partial charge is 0.323 e. The highest BCUT2D eigenvalue weighted by atomic mass is 16.5. The van der Waals surface area contributed by atoms with Crippen LogP contribution in [0.1, 0.15) is 40.0 Å². The van der Waals surface area contributed by atoms with E-state index in [0.29, 0.717) is 6.61 Å². The summed E-state index contributed by atoms with van der Waals surface area (Å²) in [6.45, 7) is 5.42. The first-order chi connectivity index (χ1) is 7.32. The Labute approximate surface area is 96.0 Å². The monoisotopic (exact) mass is 231 g/mol. The molecule has 0 spiro atoms. The van der Waals surface area contributed by atoms with E-state index in [-0.39, 0.29) is 12.4 Å². The maximum Gasteiger partial charge on any atom is 0.323 e. The van der Waals surface area contributed by atoms with Gasteiger partial charge in [-0.3, -0.25) is 9.59 Å².